The first-order chi connectivity index (χ1) is 23.5. The predicted molar refractivity (Wildman–Crippen MR) is 172 cm³/mol. The standard InChI is InChI=1S/C34H44F3N5O8/c1-5-7-23(26(43)29(45)38-21-10-11-21)39-28(44)25-16-33(15-24(41-50-33)19-8-6-9-20(14-19)34(35,36)37)18-42(25)30(46)27(32(2,3)4)40-31(47)49-22-12-13-48-17-22/h6,8-9,14,21-23,25,27H,5,7,10-13,15-18H2,1-4H3,(H,38,45)(H,39,44)(H,40,47)/t22-,23-,25-,27+,33+/m0/s1. The Kier molecular flexibility index (Phi) is 10.8. The topological polar surface area (TPSA) is 165 Å². The maximum atomic E-state index is 14.4. The van der Waals surface area contributed by atoms with Gasteiger partial charge in [0.25, 0.3) is 5.91 Å². The van der Waals surface area contributed by atoms with E-state index in [0.717, 1.165) is 25.0 Å². The summed E-state index contributed by atoms with van der Waals surface area (Å²) in [7, 11) is 0. The van der Waals surface area contributed by atoms with Crippen LogP contribution in [0, 0.1) is 5.41 Å². The van der Waals surface area contributed by atoms with E-state index in [2.05, 4.69) is 21.1 Å². The average Bonchev–Trinajstić information content (AvgIpc) is 3.39. The number of likely N-dealkylation sites (tertiary alicyclic amines) is 1. The minimum atomic E-state index is -4.59. The van der Waals surface area contributed by atoms with E-state index in [9.17, 15) is 37.1 Å². The van der Waals surface area contributed by atoms with E-state index in [1.807, 2.05) is 0 Å². The summed E-state index contributed by atoms with van der Waals surface area (Å²) >= 11 is 0. The average molecular weight is 708 g/mol. The Balaban J connectivity index is 1.40. The van der Waals surface area contributed by atoms with Crippen molar-refractivity contribution in [2.24, 2.45) is 10.6 Å². The molecule has 0 aromatic heterocycles. The number of hydrogen-bond donors (Lipinski definition) is 3. The molecule has 16 heteroatoms. The van der Waals surface area contributed by atoms with Gasteiger partial charge in [-0.2, -0.15) is 13.2 Å². The fourth-order valence-corrected chi connectivity index (χ4v) is 6.35. The third-order valence-corrected chi connectivity index (χ3v) is 9.23. The van der Waals surface area contributed by atoms with Gasteiger partial charge < -0.3 is 35.2 Å². The first-order valence-electron chi connectivity index (χ1n) is 16.9. The van der Waals surface area contributed by atoms with Gasteiger partial charge in [-0.15, -0.1) is 0 Å². The summed E-state index contributed by atoms with van der Waals surface area (Å²) in [4.78, 5) is 74.2. The van der Waals surface area contributed by atoms with Crippen LogP contribution in [-0.4, -0.2) is 95.8 Å². The highest BCUT2D eigenvalue weighted by molar-refractivity contribution is 6.38. The number of benzene rings is 1. The third-order valence-electron chi connectivity index (χ3n) is 9.23. The molecule has 1 aromatic rings. The number of nitrogens with one attached hydrogen (secondary N) is 3. The van der Waals surface area contributed by atoms with Crippen molar-refractivity contribution < 1.29 is 51.5 Å². The van der Waals surface area contributed by atoms with Crippen molar-refractivity contribution in [2.45, 2.75) is 115 Å². The van der Waals surface area contributed by atoms with E-state index in [-0.39, 0.29) is 49.7 Å². The van der Waals surface area contributed by atoms with Gasteiger partial charge in [-0.05, 0) is 36.8 Å². The first-order valence-corrected chi connectivity index (χ1v) is 16.9. The number of oxime groups is 1. The fourth-order valence-electron chi connectivity index (χ4n) is 6.35. The van der Waals surface area contributed by atoms with Crippen LogP contribution in [0.5, 0.6) is 0 Å². The molecule has 1 spiro atoms. The molecule has 0 radical (unpaired) electrons. The molecular weight excluding hydrogens is 663 g/mol. The van der Waals surface area contributed by atoms with Gasteiger partial charge in [-0.3, -0.25) is 19.2 Å². The number of rotatable bonds is 11. The number of alkyl halides is 3. The number of hydrogen-bond acceptors (Lipinski definition) is 9. The minimum Gasteiger partial charge on any atom is -0.444 e. The monoisotopic (exact) mass is 707 g/mol. The highest BCUT2D eigenvalue weighted by Crippen LogP contribution is 2.41. The normalized spacial score (nSPS) is 24.6. The second-order valence-electron chi connectivity index (χ2n) is 14.5. The van der Waals surface area contributed by atoms with Crippen LogP contribution in [0.15, 0.2) is 29.4 Å². The van der Waals surface area contributed by atoms with Crippen molar-refractivity contribution in [3.05, 3.63) is 35.4 Å². The Morgan fingerprint density at radius 2 is 1.84 bits per heavy atom. The van der Waals surface area contributed by atoms with E-state index in [4.69, 9.17) is 14.3 Å². The molecule has 13 nitrogen and oxygen atoms in total. The number of ketones is 1. The molecule has 4 amide bonds. The van der Waals surface area contributed by atoms with Gasteiger partial charge >= 0.3 is 12.3 Å². The summed E-state index contributed by atoms with van der Waals surface area (Å²) in [6.45, 7) is 7.42. The van der Waals surface area contributed by atoms with Crippen molar-refractivity contribution in [1.82, 2.24) is 20.9 Å². The van der Waals surface area contributed by atoms with Gasteiger partial charge in [0.1, 0.15) is 18.2 Å². The molecule has 0 unspecified atom stereocenters. The maximum absolute atomic E-state index is 14.4. The lowest BCUT2D eigenvalue weighted by Crippen LogP contribution is -2.59. The molecule has 3 aliphatic heterocycles. The molecule has 0 bridgehead atoms. The van der Waals surface area contributed by atoms with Crippen LogP contribution in [0.1, 0.15) is 83.8 Å². The summed E-state index contributed by atoms with van der Waals surface area (Å²) in [6, 6.07) is 0.939. The molecule has 3 N–H and O–H groups in total. The van der Waals surface area contributed by atoms with Gasteiger partial charge in [-0.1, -0.05) is 51.4 Å². The lowest BCUT2D eigenvalue weighted by atomic mass is 9.85. The number of amides is 4. The predicted octanol–water partition coefficient (Wildman–Crippen LogP) is 3.23. The number of ether oxygens (including phenoxy) is 2. The van der Waals surface area contributed by atoms with Crippen LogP contribution in [0.25, 0.3) is 0 Å². The number of carbonyl (C=O) groups is 5. The summed E-state index contributed by atoms with van der Waals surface area (Å²) in [5.74, 6) is -2.98. The molecule has 1 aromatic carbocycles. The first kappa shape index (κ1) is 37.1. The van der Waals surface area contributed by atoms with E-state index < -0.39 is 76.6 Å². The highest BCUT2D eigenvalue weighted by atomic mass is 19.4. The van der Waals surface area contributed by atoms with Crippen molar-refractivity contribution in [3.8, 4) is 0 Å². The van der Waals surface area contributed by atoms with E-state index >= 15 is 0 Å². The SMILES string of the molecule is CCC[C@H](NC(=O)[C@@H]1C[C@]2(CC(c3cccc(C(F)(F)F)c3)=NO2)CN1C(=O)[C@@H](NC(=O)O[C@H]1CCOC1)C(C)(C)C)C(=O)C(=O)NC1CC1. The highest BCUT2D eigenvalue weighted by Gasteiger charge is 2.56. The van der Waals surface area contributed by atoms with Gasteiger partial charge in [0, 0.05) is 30.9 Å². The fraction of sp³-hybridized carbons (Fsp3) is 0.647. The lowest BCUT2D eigenvalue weighted by molar-refractivity contribution is -0.144. The molecular formula is C34H44F3N5O8. The molecule has 50 heavy (non-hydrogen) atoms. The number of nitrogens with zero attached hydrogens (tertiary/aromatic N) is 2. The van der Waals surface area contributed by atoms with Crippen molar-refractivity contribution in [2.75, 3.05) is 19.8 Å². The number of halogens is 3. The smallest absolute Gasteiger partial charge is 0.416 e. The van der Waals surface area contributed by atoms with Crippen LogP contribution < -0.4 is 16.0 Å². The van der Waals surface area contributed by atoms with Crippen molar-refractivity contribution >= 4 is 35.3 Å². The Bertz CT molecular complexity index is 1520. The van der Waals surface area contributed by atoms with Crippen LogP contribution in [0.2, 0.25) is 0 Å². The molecule has 5 atom stereocenters. The van der Waals surface area contributed by atoms with Crippen molar-refractivity contribution in [1.29, 1.82) is 0 Å². The molecule has 3 heterocycles. The Morgan fingerprint density at radius 1 is 1.10 bits per heavy atom. The summed E-state index contributed by atoms with van der Waals surface area (Å²) in [5, 5.41) is 12.1. The van der Waals surface area contributed by atoms with Crippen LogP contribution >= 0.6 is 0 Å². The number of carbonyl (C=O) groups excluding carboxylic acids is 5. The molecule has 4 aliphatic rings. The zero-order chi connectivity index (χ0) is 36.4. The lowest BCUT2D eigenvalue weighted by Gasteiger charge is -2.35. The van der Waals surface area contributed by atoms with Gasteiger partial charge in [0.2, 0.25) is 17.6 Å². The van der Waals surface area contributed by atoms with Gasteiger partial charge in [0.05, 0.1) is 37.1 Å². The van der Waals surface area contributed by atoms with Crippen LogP contribution in [0.4, 0.5) is 18.0 Å². The molecule has 1 saturated carbocycles. The van der Waals surface area contributed by atoms with Crippen molar-refractivity contribution in [3.63, 3.8) is 0 Å². The largest absolute Gasteiger partial charge is 0.444 e. The Morgan fingerprint density at radius 3 is 2.46 bits per heavy atom. The zero-order valence-corrected chi connectivity index (χ0v) is 28.6. The molecule has 3 fully saturated rings. The van der Waals surface area contributed by atoms with Gasteiger partial charge in [0.15, 0.2) is 5.60 Å². The Hall–Kier alpha value is -4.21. The summed E-state index contributed by atoms with van der Waals surface area (Å²) in [5.41, 5.74) is -2.68. The second kappa shape index (κ2) is 14.6. The zero-order valence-electron chi connectivity index (χ0n) is 28.6. The van der Waals surface area contributed by atoms with E-state index in [1.54, 1.807) is 27.7 Å². The van der Waals surface area contributed by atoms with E-state index in [0.29, 0.717) is 19.4 Å². The maximum Gasteiger partial charge on any atom is 0.416 e. The number of Topliss-reactive ketones (excluding diaryl/α,β-unsaturated/α-hetero) is 1. The second-order valence-corrected chi connectivity index (χ2v) is 14.5. The quantitative estimate of drug-likeness (QED) is 0.295. The van der Waals surface area contributed by atoms with E-state index in [1.165, 1.54) is 17.0 Å². The molecule has 1 aliphatic carbocycles. The third kappa shape index (κ3) is 8.74. The minimum absolute atomic E-state index is 0.0275. The summed E-state index contributed by atoms with van der Waals surface area (Å²) < 4.78 is 51.2. The van der Waals surface area contributed by atoms with Crippen LogP contribution in [0.3, 0.4) is 0 Å². The Labute approximate surface area is 288 Å². The summed E-state index contributed by atoms with van der Waals surface area (Å²) in [6.07, 6.45) is -3.41. The molecule has 2 saturated heterocycles. The number of alkyl carbamates (subject to hydrolysis) is 1. The molecule has 274 valence electrons. The van der Waals surface area contributed by atoms with Gasteiger partial charge in [-0.25, -0.2) is 4.79 Å². The molecule has 5 rings (SSSR count). The van der Waals surface area contributed by atoms with Crippen LogP contribution in [-0.2, 0) is 39.7 Å².